The minimum absolute atomic E-state index is 0.122. The first kappa shape index (κ1) is 16.2. The van der Waals surface area contributed by atoms with E-state index in [4.69, 9.17) is 14.2 Å². The number of hydrogen-bond donors (Lipinski definition) is 2. The van der Waals surface area contributed by atoms with Gasteiger partial charge in [-0.3, -0.25) is 14.3 Å². The number of rotatable bonds is 2. The van der Waals surface area contributed by atoms with E-state index in [1.54, 1.807) is 0 Å². The predicted molar refractivity (Wildman–Crippen MR) is 86.1 cm³/mol. The van der Waals surface area contributed by atoms with Crippen LogP contribution < -0.4 is 11.2 Å². The Hall–Kier alpha value is -2.26. The van der Waals surface area contributed by atoms with E-state index < -0.39 is 41.9 Å². The van der Waals surface area contributed by atoms with E-state index in [-0.39, 0.29) is 13.2 Å². The molecule has 4 rings (SSSR count). The number of aromatic nitrogens is 2. The summed E-state index contributed by atoms with van der Waals surface area (Å²) in [6, 6.07) is 10.00. The highest BCUT2D eigenvalue weighted by molar-refractivity contribution is 5.16. The maximum atomic E-state index is 12.0. The molecule has 8 nitrogen and oxygen atoms in total. The number of aliphatic hydroxyl groups is 1. The topological polar surface area (TPSA) is 103 Å². The average molecular weight is 346 g/mol. The van der Waals surface area contributed by atoms with Gasteiger partial charge in [-0.1, -0.05) is 30.3 Å². The summed E-state index contributed by atoms with van der Waals surface area (Å²) in [6.07, 6.45) is -1.28. The SMILES string of the molecule is O=c1ccn([C@@H]2CO[C@@H]3CO[C@@H](c4ccccc4)O[C@H]3[C@H]2O)c(=O)[nH]1. The maximum absolute atomic E-state index is 12.0. The summed E-state index contributed by atoms with van der Waals surface area (Å²) < 4.78 is 18.6. The number of nitrogens with zero attached hydrogens (tertiary/aromatic N) is 1. The van der Waals surface area contributed by atoms with Gasteiger partial charge in [-0.05, 0) is 0 Å². The molecule has 2 saturated heterocycles. The van der Waals surface area contributed by atoms with Crippen LogP contribution in [0.25, 0.3) is 0 Å². The molecule has 2 aliphatic heterocycles. The second kappa shape index (κ2) is 6.57. The lowest BCUT2D eigenvalue weighted by molar-refractivity contribution is -0.306. The predicted octanol–water partition coefficient (Wildman–Crippen LogP) is -0.0484. The summed E-state index contributed by atoms with van der Waals surface area (Å²) in [4.78, 5) is 25.4. The molecule has 0 aliphatic carbocycles. The fourth-order valence-corrected chi connectivity index (χ4v) is 3.25. The van der Waals surface area contributed by atoms with Crippen molar-refractivity contribution in [2.45, 2.75) is 30.6 Å². The zero-order chi connectivity index (χ0) is 17.4. The molecule has 132 valence electrons. The number of H-pyrrole nitrogens is 1. The van der Waals surface area contributed by atoms with E-state index >= 15 is 0 Å². The quantitative estimate of drug-likeness (QED) is 0.790. The van der Waals surface area contributed by atoms with Gasteiger partial charge in [-0.25, -0.2) is 4.79 Å². The van der Waals surface area contributed by atoms with Gasteiger partial charge < -0.3 is 19.3 Å². The lowest BCUT2D eigenvalue weighted by Crippen LogP contribution is -2.57. The zero-order valence-corrected chi connectivity index (χ0v) is 13.3. The van der Waals surface area contributed by atoms with Crippen molar-refractivity contribution in [1.29, 1.82) is 0 Å². The highest BCUT2D eigenvalue weighted by Crippen LogP contribution is 2.34. The normalized spacial score (nSPS) is 32.1. The van der Waals surface area contributed by atoms with E-state index in [1.165, 1.54) is 16.8 Å². The molecular formula is C17H18N2O6. The third-order valence-corrected chi connectivity index (χ3v) is 4.55. The number of hydrogen-bond acceptors (Lipinski definition) is 6. The molecule has 0 amide bonds. The third-order valence-electron chi connectivity index (χ3n) is 4.55. The molecule has 3 heterocycles. The van der Waals surface area contributed by atoms with Crippen LogP contribution in [0.5, 0.6) is 0 Å². The van der Waals surface area contributed by atoms with E-state index in [1.807, 2.05) is 30.3 Å². The van der Waals surface area contributed by atoms with Crippen molar-refractivity contribution in [3.8, 4) is 0 Å². The molecule has 0 spiro atoms. The molecule has 2 fully saturated rings. The summed E-state index contributed by atoms with van der Waals surface area (Å²) >= 11 is 0. The van der Waals surface area contributed by atoms with Gasteiger partial charge in [0.25, 0.3) is 5.56 Å². The van der Waals surface area contributed by atoms with E-state index in [2.05, 4.69) is 4.98 Å². The van der Waals surface area contributed by atoms with E-state index in [0.717, 1.165) is 5.56 Å². The van der Waals surface area contributed by atoms with Crippen LogP contribution in [0.3, 0.4) is 0 Å². The van der Waals surface area contributed by atoms with E-state index in [0.29, 0.717) is 0 Å². The summed E-state index contributed by atoms with van der Waals surface area (Å²) in [5.74, 6) is 0. The first-order valence-electron chi connectivity index (χ1n) is 8.06. The van der Waals surface area contributed by atoms with Crippen LogP contribution in [0.15, 0.2) is 52.2 Å². The smallest absolute Gasteiger partial charge is 0.328 e. The number of fused-ring (bicyclic) bond motifs is 1. The monoisotopic (exact) mass is 346 g/mol. The minimum Gasteiger partial charge on any atom is -0.388 e. The Morgan fingerprint density at radius 2 is 1.88 bits per heavy atom. The van der Waals surface area contributed by atoms with Gasteiger partial charge >= 0.3 is 5.69 Å². The van der Waals surface area contributed by atoms with Crippen molar-refractivity contribution in [3.05, 3.63) is 69.0 Å². The van der Waals surface area contributed by atoms with Crippen LogP contribution >= 0.6 is 0 Å². The highest BCUT2D eigenvalue weighted by Gasteiger charge is 2.45. The standard InChI is InChI=1S/C17H18N2O6/c20-13-6-7-19(17(22)18-13)11-8-23-12-9-24-16(25-15(12)14(11)21)10-4-2-1-3-5-10/h1-7,11-12,14-16,21H,8-9H2,(H,18,20,22)/t11-,12-,14+,15-,16-/m1/s1. The van der Waals surface area contributed by atoms with Gasteiger partial charge in [0, 0.05) is 17.8 Å². The molecule has 1 aromatic carbocycles. The molecule has 2 N–H and O–H groups in total. The Labute approximate surface area is 142 Å². The number of benzene rings is 1. The Morgan fingerprint density at radius 3 is 2.64 bits per heavy atom. The largest absolute Gasteiger partial charge is 0.388 e. The van der Waals surface area contributed by atoms with Gasteiger partial charge in [0.05, 0.1) is 19.3 Å². The molecule has 2 aromatic rings. The summed E-state index contributed by atoms with van der Waals surface area (Å²) in [6.45, 7) is 0.408. The second-order valence-corrected chi connectivity index (χ2v) is 6.12. The van der Waals surface area contributed by atoms with Gasteiger partial charge in [0.15, 0.2) is 6.29 Å². The van der Waals surface area contributed by atoms with Crippen LogP contribution in [-0.2, 0) is 14.2 Å². The molecule has 8 heteroatoms. The van der Waals surface area contributed by atoms with Crippen LogP contribution in [0.1, 0.15) is 17.9 Å². The summed E-state index contributed by atoms with van der Waals surface area (Å²) in [5, 5.41) is 10.8. The van der Waals surface area contributed by atoms with Crippen LogP contribution in [0, 0.1) is 0 Å². The zero-order valence-electron chi connectivity index (χ0n) is 13.3. The van der Waals surface area contributed by atoms with Crippen LogP contribution in [0.4, 0.5) is 0 Å². The number of aliphatic hydroxyl groups excluding tert-OH is 1. The molecule has 0 radical (unpaired) electrons. The van der Waals surface area contributed by atoms with Crippen molar-refractivity contribution in [3.63, 3.8) is 0 Å². The van der Waals surface area contributed by atoms with Crippen LogP contribution in [-0.4, -0.2) is 46.2 Å². The number of nitrogens with one attached hydrogen (secondary N) is 1. The van der Waals surface area contributed by atoms with Crippen molar-refractivity contribution < 1.29 is 19.3 Å². The third kappa shape index (κ3) is 3.05. The van der Waals surface area contributed by atoms with Crippen molar-refractivity contribution >= 4 is 0 Å². The second-order valence-electron chi connectivity index (χ2n) is 6.12. The fourth-order valence-electron chi connectivity index (χ4n) is 3.25. The van der Waals surface area contributed by atoms with Crippen molar-refractivity contribution in [2.24, 2.45) is 0 Å². The lowest BCUT2D eigenvalue weighted by atomic mass is 9.97. The molecular weight excluding hydrogens is 328 g/mol. The van der Waals surface area contributed by atoms with Crippen molar-refractivity contribution in [2.75, 3.05) is 13.2 Å². The summed E-state index contributed by atoms with van der Waals surface area (Å²) in [7, 11) is 0. The Bertz CT molecular complexity index is 848. The molecule has 0 saturated carbocycles. The molecule has 25 heavy (non-hydrogen) atoms. The average Bonchev–Trinajstić information content (AvgIpc) is 2.63. The number of aromatic amines is 1. The lowest BCUT2D eigenvalue weighted by Gasteiger charge is -2.44. The van der Waals surface area contributed by atoms with Crippen molar-refractivity contribution in [1.82, 2.24) is 9.55 Å². The first-order chi connectivity index (χ1) is 12.1. The Morgan fingerprint density at radius 1 is 1.08 bits per heavy atom. The van der Waals surface area contributed by atoms with Gasteiger partial charge in [0.2, 0.25) is 0 Å². The molecule has 1 aromatic heterocycles. The van der Waals surface area contributed by atoms with Gasteiger partial charge in [-0.15, -0.1) is 0 Å². The molecule has 0 bridgehead atoms. The highest BCUT2D eigenvalue weighted by atomic mass is 16.7. The summed E-state index contributed by atoms with van der Waals surface area (Å²) in [5.41, 5.74) is -0.237. The minimum atomic E-state index is -0.975. The molecule has 0 unspecified atom stereocenters. The maximum Gasteiger partial charge on any atom is 0.328 e. The van der Waals surface area contributed by atoms with Gasteiger partial charge in [-0.2, -0.15) is 0 Å². The number of ether oxygens (including phenoxy) is 3. The Balaban J connectivity index is 1.58. The fraction of sp³-hybridized carbons (Fsp3) is 0.412. The molecule has 2 aliphatic rings. The molecule has 5 atom stereocenters. The van der Waals surface area contributed by atoms with Gasteiger partial charge in [0.1, 0.15) is 18.3 Å². The Kier molecular flexibility index (Phi) is 4.26. The van der Waals surface area contributed by atoms with E-state index in [9.17, 15) is 14.7 Å². The van der Waals surface area contributed by atoms with Crippen LogP contribution in [0.2, 0.25) is 0 Å². The first-order valence-corrected chi connectivity index (χ1v) is 8.06.